The van der Waals surface area contributed by atoms with Gasteiger partial charge in [0.2, 0.25) is 10.0 Å². The van der Waals surface area contributed by atoms with Crippen LogP contribution in [0.5, 0.6) is 5.75 Å². The lowest BCUT2D eigenvalue weighted by atomic mass is 10.1. The quantitative estimate of drug-likeness (QED) is 0.897. The molecule has 1 fully saturated rings. The predicted molar refractivity (Wildman–Crippen MR) is 74.1 cm³/mol. The highest BCUT2D eigenvalue weighted by Gasteiger charge is 2.24. The average molecular weight is 298 g/mol. The first-order valence-corrected chi connectivity index (χ1v) is 8.07. The van der Waals surface area contributed by atoms with Gasteiger partial charge >= 0.3 is 0 Å². The summed E-state index contributed by atoms with van der Waals surface area (Å²) in [4.78, 5) is 14.1. The highest BCUT2D eigenvalue weighted by Crippen LogP contribution is 2.25. The van der Waals surface area contributed by atoms with Crippen molar-refractivity contribution >= 4 is 15.9 Å². The van der Waals surface area contributed by atoms with E-state index in [4.69, 9.17) is 9.88 Å². The van der Waals surface area contributed by atoms with E-state index < -0.39 is 10.0 Å². The minimum Gasteiger partial charge on any atom is -0.493 e. The lowest BCUT2D eigenvalue weighted by molar-refractivity contribution is 0.0788. The van der Waals surface area contributed by atoms with Gasteiger partial charge in [0.15, 0.2) is 0 Å². The highest BCUT2D eigenvalue weighted by molar-refractivity contribution is 7.89. The molecule has 1 saturated heterocycles. The molecule has 1 amide bonds. The van der Waals surface area contributed by atoms with Crippen molar-refractivity contribution in [2.75, 3.05) is 19.7 Å². The second kappa shape index (κ2) is 5.80. The fraction of sp³-hybridized carbons (Fsp3) is 0.462. The van der Waals surface area contributed by atoms with Crippen LogP contribution in [0.2, 0.25) is 0 Å². The van der Waals surface area contributed by atoms with Crippen molar-refractivity contribution < 1.29 is 17.9 Å². The van der Waals surface area contributed by atoms with E-state index in [0.29, 0.717) is 25.4 Å². The number of nitrogens with two attached hydrogens (primary N) is 1. The van der Waals surface area contributed by atoms with Gasteiger partial charge in [-0.2, -0.15) is 0 Å². The van der Waals surface area contributed by atoms with Gasteiger partial charge in [0, 0.05) is 13.1 Å². The molecule has 0 aromatic heterocycles. The number of nitrogens with zero attached hydrogens (tertiary/aromatic N) is 1. The number of rotatable bonds is 4. The molecule has 7 heteroatoms. The van der Waals surface area contributed by atoms with E-state index in [0.717, 1.165) is 12.8 Å². The summed E-state index contributed by atoms with van der Waals surface area (Å²) in [6, 6.07) is 4.12. The van der Waals surface area contributed by atoms with Gasteiger partial charge in [-0.25, -0.2) is 13.6 Å². The molecule has 1 aromatic carbocycles. The number of sulfonamides is 1. The van der Waals surface area contributed by atoms with E-state index in [1.165, 1.54) is 18.2 Å². The van der Waals surface area contributed by atoms with Crippen LogP contribution in [0.4, 0.5) is 0 Å². The summed E-state index contributed by atoms with van der Waals surface area (Å²) in [5, 5.41) is 5.11. The van der Waals surface area contributed by atoms with E-state index in [1.807, 2.05) is 0 Å². The van der Waals surface area contributed by atoms with Crippen molar-refractivity contribution in [3.8, 4) is 5.75 Å². The summed E-state index contributed by atoms with van der Waals surface area (Å²) in [6.45, 7) is 3.57. The van der Waals surface area contributed by atoms with Crippen LogP contribution in [-0.4, -0.2) is 38.9 Å². The Morgan fingerprint density at radius 2 is 2.00 bits per heavy atom. The van der Waals surface area contributed by atoms with Gasteiger partial charge in [0.05, 0.1) is 17.1 Å². The lowest BCUT2D eigenvalue weighted by Crippen LogP contribution is -2.28. The molecule has 0 atom stereocenters. The second-order valence-corrected chi connectivity index (χ2v) is 6.20. The fourth-order valence-corrected chi connectivity index (χ4v) is 2.76. The van der Waals surface area contributed by atoms with Crippen LogP contribution in [0.15, 0.2) is 23.1 Å². The van der Waals surface area contributed by atoms with E-state index in [-0.39, 0.29) is 16.4 Å². The molecular weight excluding hydrogens is 280 g/mol. The Morgan fingerprint density at radius 1 is 1.35 bits per heavy atom. The van der Waals surface area contributed by atoms with Crippen molar-refractivity contribution in [1.82, 2.24) is 4.90 Å². The van der Waals surface area contributed by atoms with Gasteiger partial charge < -0.3 is 9.64 Å². The summed E-state index contributed by atoms with van der Waals surface area (Å²) >= 11 is 0. The van der Waals surface area contributed by atoms with Crippen molar-refractivity contribution in [3.63, 3.8) is 0 Å². The van der Waals surface area contributed by atoms with Crippen molar-refractivity contribution in [2.45, 2.75) is 24.7 Å². The Hall–Kier alpha value is -1.60. The molecule has 1 aromatic rings. The molecule has 1 heterocycles. The number of carbonyl (C=O) groups excluding carboxylic acids is 1. The van der Waals surface area contributed by atoms with E-state index in [1.54, 1.807) is 11.8 Å². The molecule has 0 unspecified atom stereocenters. The number of benzene rings is 1. The average Bonchev–Trinajstić information content (AvgIpc) is 2.91. The van der Waals surface area contributed by atoms with Crippen LogP contribution in [0.1, 0.15) is 30.1 Å². The Labute approximate surface area is 118 Å². The monoisotopic (exact) mass is 298 g/mol. The Balaban J connectivity index is 2.43. The maximum absolute atomic E-state index is 12.4. The molecule has 0 saturated carbocycles. The molecule has 1 aliphatic rings. The number of ether oxygens (including phenoxy) is 1. The third-order valence-electron chi connectivity index (χ3n) is 3.20. The summed E-state index contributed by atoms with van der Waals surface area (Å²) in [5.74, 6) is 0.174. The van der Waals surface area contributed by atoms with Gasteiger partial charge in [-0.1, -0.05) is 0 Å². The molecule has 0 radical (unpaired) electrons. The minimum absolute atomic E-state index is 0.0801. The van der Waals surface area contributed by atoms with Crippen LogP contribution in [-0.2, 0) is 10.0 Å². The first kappa shape index (κ1) is 14.8. The maximum Gasteiger partial charge on any atom is 0.257 e. The number of likely N-dealkylation sites (tertiary alicyclic amines) is 1. The molecule has 6 nitrogen and oxygen atoms in total. The zero-order valence-electron chi connectivity index (χ0n) is 11.3. The molecule has 2 N–H and O–H groups in total. The Kier molecular flexibility index (Phi) is 4.29. The zero-order chi connectivity index (χ0) is 14.8. The fourth-order valence-electron chi connectivity index (χ4n) is 2.23. The van der Waals surface area contributed by atoms with Crippen molar-refractivity contribution in [3.05, 3.63) is 23.8 Å². The van der Waals surface area contributed by atoms with Crippen molar-refractivity contribution in [1.29, 1.82) is 0 Å². The minimum atomic E-state index is -3.84. The van der Waals surface area contributed by atoms with Crippen LogP contribution in [0.25, 0.3) is 0 Å². The van der Waals surface area contributed by atoms with Crippen LogP contribution in [0.3, 0.4) is 0 Å². The third-order valence-corrected chi connectivity index (χ3v) is 4.11. The van der Waals surface area contributed by atoms with Crippen molar-refractivity contribution in [2.24, 2.45) is 5.14 Å². The standard InChI is InChI=1S/C13H18N2O4S/c1-2-19-12-6-5-10(20(14,17)18)9-11(12)13(16)15-7-3-4-8-15/h5-6,9H,2-4,7-8H2,1H3,(H2,14,17,18). The molecular formula is C13H18N2O4S. The van der Waals surface area contributed by atoms with Crippen LogP contribution >= 0.6 is 0 Å². The summed E-state index contributed by atoms with van der Waals surface area (Å²) in [6.07, 6.45) is 1.93. The number of carbonyl (C=O) groups is 1. The van der Waals surface area contributed by atoms with Gasteiger partial charge in [-0.3, -0.25) is 4.79 Å². The number of hydrogen-bond acceptors (Lipinski definition) is 4. The van der Waals surface area contributed by atoms with E-state index in [9.17, 15) is 13.2 Å². The molecule has 20 heavy (non-hydrogen) atoms. The normalized spacial score (nSPS) is 15.4. The summed E-state index contributed by atoms with van der Waals surface area (Å²) < 4.78 is 28.2. The molecule has 0 spiro atoms. The molecule has 0 bridgehead atoms. The van der Waals surface area contributed by atoms with E-state index >= 15 is 0 Å². The molecule has 0 aliphatic carbocycles. The number of amides is 1. The van der Waals surface area contributed by atoms with Gasteiger partial charge in [-0.05, 0) is 38.0 Å². The third kappa shape index (κ3) is 3.10. The number of primary sulfonamides is 1. The zero-order valence-corrected chi connectivity index (χ0v) is 12.1. The van der Waals surface area contributed by atoms with Crippen LogP contribution in [0, 0.1) is 0 Å². The Bertz CT molecular complexity index is 607. The van der Waals surface area contributed by atoms with E-state index in [2.05, 4.69) is 0 Å². The second-order valence-electron chi connectivity index (χ2n) is 4.64. The topological polar surface area (TPSA) is 89.7 Å². The predicted octanol–water partition coefficient (Wildman–Crippen LogP) is 0.969. The van der Waals surface area contributed by atoms with Crippen LogP contribution < -0.4 is 9.88 Å². The SMILES string of the molecule is CCOc1ccc(S(N)(=O)=O)cc1C(=O)N1CCCC1. The van der Waals surface area contributed by atoms with Gasteiger partial charge in [0.1, 0.15) is 5.75 Å². The summed E-state index contributed by atoms with van der Waals surface area (Å²) in [5.41, 5.74) is 0.250. The Morgan fingerprint density at radius 3 is 2.55 bits per heavy atom. The molecule has 2 rings (SSSR count). The molecule has 1 aliphatic heterocycles. The summed E-state index contributed by atoms with van der Waals surface area (Å²) in [7, 11) is -3.84. The maximum atomic E-state index is 12.4. The molecule has 110 valence electrons. The first-order chi connectivity index (χ1) is 9.43. The highest BCUT2D eigenvalue weighted by atomic mass is 32.2. The largest absolute Gasteiger partial charge is 0.493 e. The first-order valence-electron chi connectivity index (χ1n) is 6.52. The lowest BCUT2D eigenvalue weighted by Gasteiger charge is -2.18. The smallest absolute Gasteiger partial charge is 0.257 e. The number of hydrogen-bond donors (Lipinski definition) is 1. The van der Waals surface area contributed by atoms with Gasteiger partial charge in [-0.15, -0.1) is 0 Å². The van der Waals surface area contributed by atoms with Gasteiger partial charge in [0.25, 0.3) is 5.91 Å².